The summed E-state index contributed by atoms with van der Waals surface area (Å²) in [5, 5.41) is 8.62. The first-order valence-electron chi connectivity index (χ1n) is 4.90. The molecule has 1 N–H and O–H groups in total. The maximum Gasteiger partial charge on any atom is 0.573 e. The molecule has 0 aliphatic carbocycles. The largest absolute Gasteiger partial charge is 0.573 e. The molecule has 101 valence electrons. The van der Waals surface area contributed by atoms with E-state index in [1.807, 2.05) is 0 Å². The van der Waals surface area contributed by atoms with Crippen molar-refractivity contribution in [1.82, 2.24) is 4.98 Å². The monoisotopic (exact) mass is 280 g/mol. The average molecular weight is 280 g/mol. The van der Waals surface area contributed by atoms with E-state index in [2.05, 4.69) is 9.72 Å². The molecule has 0 unspecified atom stereocenters. The molecule has 1 heterocycles. The van der Waals surface area contributed by atoms with Crippen LogP contribution in [0.1, 0.15) is 10.7 Å². The molecule has 2 rings (SSSR count). The van der Waals surface area contributed by atoms with E-state index in [1.54, 1.807) is 0 Å². The summed E-state index contributed by atoms with van der Waals surface area (Å²) in [4.78, 5) is 14.0. The minimum atomic E-state index is -4.80. The molecular formula is C11H6F3LiNO4. The third-order valence-electron chi connectivity index (χ3n) is 2.04. The smallest absolute Gasteiger partial charge is 0.474 e. The van der Waals surface area contributed by atoms with E-state index in [0.717, 1.165) is 18.3 Å². The van der Waals surface area contributed by atoms with Gasteiger partial charge in [-0.1, -0.05) is 12.1 Å². The number of carboxylic acid groups (broad SMARTS) is 1. The number of alkyl halides is 3. The van der Waals surface area contributed by atoms with Crippen LogP contribution in [0.15, 0.2) is 34.9 Å². The number of benzene rings is 1. The molecule has 20 heavy (non-hydrogen) atoms. The van der Waals surface area contributed by atoms with Crippen LogP contribution in [0.3, 0.4) is 0 Å². The van der Waals surface area contributed by atoms with Crippen molar-refractivity contribution in [3.05, 3.63) is 36.4 Å². The number of ether oxygens (including phenoxy) is 1. The summed E-state index contributed by atoms with van der Waals surface area (Å²) in [6.07, 6.45) is -3.69. The molecular weight excluding hydrogens is 274 g/mol. The molecule has 0 bridgehead atoms. The van der Waals surface area contributed by atoms with Gasteiger partial charge >= 0.3 is 18.2 Å². The molecule has 1 radical (unpaired) electrons. The summed E-state index contributed by atoms with van der Waals surface area (Å²) in [6.45, 7) is 0. The Hall–Kier alpha value is -1.91. The van der Waals surface area contributed by atoms with Crippen LogP contribution >= 0.6 is 0 Å². The van der Waals surface area contributed by atoms with Gasteiger partial charge in [0.1, 0.15) is 5.75 Å². The van der Waals surface area contributed by atoms with Crippen molar-refractivity contribution < 1.29 is 32.2 Å². The Morgan fingerprint density at radius 3 is 2.60 bits per heavy atom. The zero-order chi connectivity index (χ0) is 14.0. The molecule has 0 atom stereocenters. The normalized spacial score (nSPS) is 10.8. The van der Waals surface area contributed by atoms with E-state index >= 15 is 0 Å². The van der Waals surface area contributed by atoms with Gasteiger partial charge in [0.2, 0.25) is 0 Å². The van der Waals surface area contributed by atoms with E-state index in [0.29, 0.717) is 0 Å². The van der Waals surface area contributed by atoms with Gasteiger partial charge in [0, 0.05) is 24.4 Å². The second-order valence-electron chi connectivity index (χ2n) is 3.41. The Kier molecular flexibility index (Phi) is 4.86. The number of aromatic carboxylic acids is 1. The van der Waals surface area contributed by atoms with Crippen LogP contribution in [0.4, 0.5) is 13.2 Å². The van der Waals surface area contributed by atoms with E-state index < -0.39 is 24.0 Å². The van der Waals surface area contributed by atoms with Crippen molar-refractivity contribution in [2.45, 2.75) is 6.36 Å². The van der Waals surface area contributed by atoms with Crippen molar-refractivity contribution in [3.8, 4) is 17.1 Å². The number of hydrogen-bond donors (Lipinski definition) is 1. The Morgan fingerprint density at radius 1 is 1.35 bits per heavy atom. The molecule has 0 aliphatic heterocycles. The van der Waals surface area contributed by atoms with E-state index in [1.165, 1.54) is 12.1 Å². The first-order chi connectivity index (χ1) is 8.85. The maximum absolute atomic E-state index is 12.0. The van der Waals surface area contributed by atoms with Gasteiger partial charge in [-0.15, -0.1) is 13.2 Å². The maximum atomic E-state index is 12.0. The number of rotatable bonds is 3. The third kappa shape index (κ3) is 4.05. The summed E-state index contributed by atoms with van der Waals surface area (Å²) in [5.74, 6) is -2.31. The molecule has 0 fully saturated rings. The van der Waals surface area contributed by atoms with Crippen molar-refractivity contribution in [1.29, 1.82) is 0 Å². The first-order valence-corrected chi connectivity index (χ1v) is 4.90. The molecule has 0 amide bonds. The predicted molar refractivity (Wildman–Crippen MR) is 61.3 cm³/mol. The topological polar surface area (TPSA) is 72.6 Å². The van der Waals surface area contributed by atoms with Crippen LogP contribution in [-0.4, -0.2) is 41.3 Å². The van der Waals surface area contributed by atoms with Gasteiger partial charge in [0.25, 0.3) is 0 Å². The van der Waals surface area contributed by atoms with Crippen LogP contribution < -0.4 is 4.74 Å². The fourth-order valence-corrected chi connectivity index (χ4v) is 1.35. The van der Waals surface area contributed by atoms with E-state index in [4.69, 9.17) is 9.52 Å². The zero-order valence-electron chi connectivity index (χ0n) is 10.1. The van der Waals surface area contributed by atoms with Crippen molar-refractivity contribution in [3.63, 3.8) is 0 Å². The molecule has 9 heteroatoms. The summed E-state index contributed by atoms with van der Waals surface area (Å²) in [6, 6.07) is 4.94. The summed E-state index contributed by atoms with van der Waals surface area (Å²) in [5.41, 5.74) is 0.224. The number of hydrogen-bond acceptors (Lipinski definition) is 4. The molecule has 0 saturated carbocycles. The average Bonchev–Trinajstić information content (AvgIpc) is 2.76. The molecule has 2 aromatic rings. The van der Waals surface area contributed by atoms with Crippen LogP contribution in [0.5, 0.6) is 5.75 Å². The fourth-order valence-electron chi connectivity index (χ4n) is 1.35. The molecule has 1 aromatic carbocycles. The van der Waals surface area contributed by atoms with Crippen molar-refractivity contribution >= 4 is 24.8 Å². The molecule has 0 saturated heterocycles. The van der Waals surface area contributed by atoms with Crippen LogP contribution in [0, 0.1) is 0 Å². The van der Waals surface area contributed by atoms with Gasteiger partial charge < -0.3 is 14.3 Å². The van der Waals surface area contributed by atoms with Crippen molar-refractivity contribution in [2.75, 3.05) is 0 Å². The number of oxazole rings is 1. The Bertz CT molecular complexity index is 612. The quantitative estimate of drug-likeness (QED) is 0.875. The predicted octanol–water partition coefficient (Wildman–Crippen LogP) is 2.56. The summed E-state index contributed by atoms with van der Waals surface area (Å²) < 4.78 is 44.8. The minimum absolute atomic E-state index is 0. The summed E-state index contributed by atoms with van der Waals surface area (Å²) >= 11 is 0. The van der Waals surface area contributed by atoms with Gasteiger partial charge in [-0.05, 0) is 12.1 Å². The first kappa shape index (κ1) is 16.1. The van der Waals surface area contributed by atoms with Crippen molar-refractivity contribution in [2.24, 2.45) is 0 Å². The van der Waals surface area contributed by atoms with E-state index in [-0.39, 0.29) is 30.2 Å². The standard InChI is InChI=1S/C11H6F3NO4.Li/c12-11(13,14)19-7-3-1-2-6(4-7)8-5-15-9(18-8)10(16)17;/h1-5H,(H,16,17);. The zero-order valence-corrected chi connectivity index (χ0v) is 10.1. The molecule has 0 aliphatic rings. The Morgan fingerprint density at radius 2 is 2.05 bits per heavy atom. The number of halogens is 3. The Balaban J connectivity index is 0.00000200. The summed E-state index contributed by atoms with van der Waals surface area (Å²) in [7, 11) is 0. The number of nitrogens with zero attached hydrogens (tertiary/aromatic N) is 1. The van der Waals surface area contributed by atoms with Gasteiger partial charge in [-0.3, -0.25) is 0 Å². The van der Waals surface area contributed by atoms with Crippen LogP contribution in [0.2, 0.25) is 0 Å². The number of carbonyl (C=O) groups is 1. The second-order valence-corrected chi connectivity index (χ2v) is 3.41. The van der Waals surface area contributed by atoms with Gasteiger partial charge in [-0.2, -0.15) is 0 Å². The van der Waals surface area contributed by atoms with Crippen LogP contribution in [0.25, 0.3) is 11.3 Å². The Labute approximate surface area is 122 Å². The molecule has 5 nitrogen and oxygen atoms in total. The van der Waals surface area contributed by atoms with Gasteiger partial charge in [-0.25, -0.2) is 9.78 Å². The second kappa shape index (κ2) is 6.03. The van der Waals surface area contributed by atoms with E-state index in [9.17, 15) is 18.0 Å². The fraction of sp³-hybridized carbons (Fsp3) is 0.0909. The SMILES string of the molecule is O=C(O)c1ncc(-c2cccc(OC(F)(F)F)c2)o1.[Li]. The number of aromatic nitrogens is 1. The molecule has 0 spiro atoms. The minimum Gasteiger partial charge on any atom is -0.474 e. The molecule has 1 aromatic heterocycles. The van der Waals surface area contributed by atoms with Gasteiger partial charge in [0.05, 0.1) is 6.20 Å². The third-order valence-corrected chi connectivity index (χ3v) is 2.04. The van der Waals surface area contributed by atoms with Crippen LogP contribution in [-0.2, 0) is 0 Å². The number of carboxylic acids is 1. The van der Waals surface area contributed by atoms with Gasteiger partial charge in [0.15, 0.2) is 5.76 Å².